The zero-order valence-electron chi connectivity index (χ0n) is 14.3. The molecule has 1 aromatic heterocycles. The first-order valence-electron chi connectivity index (χ1n) is 7.63. The van der Waals surface area contributed by atoms with Gasteiger partial charge < -0.3 is 19.1 Å². The van der Waals surface area contributed by atoms with E-state index in [1.54, 1.807) is 32.4 Å². The van der Waals surface area contributed by atoms with Gasteiger partial charge in [0.25, 0.3) is 0 Å². The van der Waals surface area contributed by atoms with E-state index in [-0.39, 0.29) is 17.9 Å². The van der Waals surface area contributed by atoms with Gasteiger partial charge in [0.2, 0.25) is 0 Å². The summed E-state index contributed by atoms with van der Waals surface area (Å²) in [5, 5.41) is 9.46. The smallest absolute Gasteiger partial charge is 0.355 e. The zero-order chi connectivity index (χ0) is 17.9. The second-order valence-corrected chi connectivity index (χ2v) is 5.40. The number of methoxy groups -OCH3 is 1. The maximum absolute atomic E-state index is 12.3. The first-order valence-corrected chi connectivity index (χ1v) is 7.63. The van der Waals surface area contributed by atoms with Gasteiger partial charge in [-0.3, -0.25) is 0 Å². The minimum Gasteiger partial charge on any atom is -0.497 e. The molecule has 0 aliphatic rings. The van der Waals surface area contributed by atoms with Crippen LogP contribution in [0.4, 0.5) is 0 Å². The van der Waals surface area contributed by atoms with Crippen molar-refractivity contribution < 1.29 is 24.2 Å². The molecule has 24 heavy (non-hydrogen) atoms. The molecule has 2 aromatic rings. The Morgan fingerprint density at radius 3 is 2.54 bits per heavy atom. The molecule has 0 radical (unpaired) electrons. The molecule has 6 nitrogen and oxygen atoms in total. The van der Waals surface area contributed by atoms with E-state index in [9.17, 15) is 14.7 Å². The van der Waals surface area contributed by atoms with Gasteiger partial charge in [-0.1, -0.05) is 12.1 Å². The van der Waals surface area contributed by atoms with Crippen LogP contribution in [0.15, 0.2) is 24.3 Å². The molecular weight excluding hydrogens is 310 g/mol. The Morgan fingerprint density at radius 1 is 1.25 bits per heavy atom. The molecule has 0 saturated heterocycles. The van der Waals surface area contributed by atoms with Gasteiger partial charge in [-0.2, -0.15) is 0 Å². The molecule has 1 N–H and O–H groups in total. The number of aromatic nitrogens is 1. The van der Waals surface area contributed by atoms with E-state index in [4.69, 9.17) is 9.47 Å². The maximum atomic E-state index is 12.3. The highest BCUT2D eigenvalue weighted by Gasteiger charge is 2.27. The highest BCUT2D eigenvalue weighted by molar-refractivity contribution is 5.98. The fraction of sp³-hybridized carbons (Fsp3) is 0.333. The van der Waals surface area contributed by atoms with Gasteiger partial charge in [0, 0.05) is 12.2 Å². The van der Waals surface area contributed by atoms with Crippen LogP contribution in [0.3, 0.4) is 0 Å². The van der Waals surface area contributed by atoms with Gasteiger partial charge in [0.15, 0.2) is 0 Å². The molecule has 0 aliphatic carbocycles. The Kier molecular flexibility index (Phi) is 5.28. The molecule has 1 heterocycles. The lowest BCUT2D eigenvalue weighted by Gasteiger charge is -2.12. The number of carbonyl (C=O) groups excluding carboxylic acids is 1. The molecule has 0 unspecified atom stereocenters. The fourth-order valence-corrected chi connectivity index (χ4v) is 2.82. The Bertz CT molecular complexity index is 776. The summed E-state index contributed by atoms with van der Waals surface area (Å²) in [5.74, 6) is -0.876. The summed E-state index contributed by atoms with van der Waals surface area (Å²) in [7, 11) is 1.58. The molecule has 128 valence electrons. The van der Waals surface area contributed by atoms with Gasteiger partial charge in [0.05, 0.1) is 19.3 Å². The van der Waals surface area contributed by atoms with Gasteiger partial charge in [-0.15, -0.1) is 0 Å². The number of carbonyl (C=O) groups is 2. The molecular formula is C18H21NO5. The monoisotopic (exact) mass is 331 g/mol. The van der Waals surface area contributed by atoms with Crippen molar-refractivity contribution in [1.29, 1.82) is 0 Å². The quantitative estimate of drug-likeness (QED) is 0.823. The lowest BCUT2D eigenvalue weighted by molar-refractivity contribution is 0.0513. The Labute approximate surface area is 140 Å². The number of hydrogen-bond donors (Lipinski definition) is 1. The van der Waals surface area contributed by atoms with Crippen molar-refractivity contribution in [2.45, 2.75) is 27.3 Å². The first-order chi connectivity index (χ1) is 11.4. The predicted octanol–water partition coefficient (Wildman–Crippen LogP) is 3.04. The van der Waals surface area contributed by atoms with Crippen LogP contribution in [0.2, 0.25) is 0 Å². The normalized spacial score (nSPS) is 10.5. The fourth-order valence-electron chi connectivity index (χ4n) is 2.82. The van der Waals surface area contributed by atoms with Crippen LogP contribution in [0.5, 0.6) is 5.75 Å². The van der Waals surface area contributed by atoms with Crippen molar-refractivity contribution in [1.82, 2.24) is 4.57 Å². The van der Waals surface area contributed by atoms with Crippen molar-refractivity contribution in [2.24, 2.45) is 0 Å². The third-order valence-electron chi connectivity index (χ3n) is 3.92. The Balaban J connectivity index is 2.56. The number of nitrogens with zero attached hydrogens (tertiary/aromatic N) is 1. The molecule has 6 heteroatoms. The third kappa shape index (κ3) is 3.27. The number of esters is 1. The molecule has 0 saturated carbocycles. The van der Waals surface area contributed by atoms with E-state index in [1.165, 1.54) is 0 Å². The van der Waals surface area contributed by atoms with Crippen LogP contribution in [-0.2, 0) is 11.3 Å². The number of rotatable bonds is 6. The number of aromatic carboxylic acids is 1. The lowest BCUT2D eigenvalue weighted by Crippen LogP contribution is -2.15. The van der Waals surface area contributed by atoms with Crippen molar-refractivity contribution in [2.75, 3.05) is 13.7 Å². The number of carboxylic acids is 1. The van der Waals surface area contributed by atoms with E-state index in [2.05, 4.69) is 0 Å². The standard InChI is InChI=1S/C18H21NO5/c1-5-24-18(22)16-11(2)15(17(20)21)12(3)19(16)10-13-7-6-8-14(9-13)23-4/h6-9H,5,10H2,1-4H3,(H,20,21). The van der Waals surface area contributed by atoms with Crippen molar-refractivity contribution in [3.05, 3.63) is 52.3 Å². The molecule has 0 atom stereocenters. The number of hydrogen-bond acceptors (Lipinski definition) is 4. The van der Waals surface area contributed by atoms with Crippen LogP contribution in [-0.4, -0.2) is 35.3 Å². The summed E-state index contributed by atoms with van der Waals surface area (Å²) < 4.78 is 12.0. The van der Waals surface area contributed by atoms with Crippen LogP contribution >= 0.6 is 0 Å². The van der Waals surface area contributed by atoms with Gasteiger partial charge in [-0.25, -0.2) is 9.59 Å². The van der Waals surface area contributed by atoms with Crippen LogP contribution < -0.4 is 4.74 Å². The van der Waals surface area contributed by atoms with E-state index >= 15 is 0 Å². The topological polar surface area (TPSA) is 77.8 Å². The molecule has 1 aromatic carbocycles. The summed E-state index contributed by atoms with van der Waals surface area (Å²) in [4.78, 5) is 23.9. The summed E-state index contributed by atoms with van der Waals surface area (Å²) in [5.41, 5.74) is 2.25. The number of carboxylic acid groups (broad SMARTS) is 1. The van der Waals surface area contributed by atoms with Gasteiger partial charge >= 0.3 is 11.9 Å². The average Bonchev–Trinajstić information content (AvgIpc) is 2.78. The van der Waals surface area contributed by atoms with Crippen LogP contribution in [0.25, 0.3) is 0 Å². The number of ether oxygens (including phenoxy) is 2. The lowest BCUT2D eigenvalue weighted by atomic mass is 10.1. The first kappa shape index (κ1) is 17.6. The molecule has 0 spiro atoms. The minimum absolute atomic E-state index is 0.140. The third-order valence-corrected chi connectivity index (χ3v) is 3.92. The molecule has 0 amide bonds. The minimum atomic E-state index is -1.06. The van der Waals surface area contributed by atoms with Crippen molar-refractivity contribution in [3.8, 4) is 5.75 Å². The van der Waals surface area contributed by atoms with Crippen LogP contribution in [0, 0.1) is 13.8 Å². The predicted molar refractivity (Wildman–Crippen MR) is 88.9 cm³/mol. The van der Waals surface area contributed by atoms with Crippen molar-refractivity contribution in [3.63, 3.8) is 0 Å². The molecule has 0 fully saturated rings. The second kappa shape index (κ2) is 7.21. The molecule has 2 rings (SSSR count). The Hall–Kier alpha value is -2.76. The zero-order valence-corrected chi connectivity index (χ0v) is 14.3. The molecule has 0 bridgehead atoms. The van der Waals surface area contributed by atoms with E-state index in [0.29, 0.717) is 23.6 Å². The largest absolute Gasteiger partial charge is 0.497 e. The van der Waals surface area contributed by atoms with E-state index < -0.39 is 11.9 Å². The summed E-state index contributed by atoms with van der Waals surface area (Å²) in [6, 6.07) is 7.42. The van der Waals surface area contributed by atoms with Gasteiger partial charge in [-0.05, 0) is 44.0 Å². The van der Waals surface area contributed by atoms with Gasteiger partial charge in [0.1, 0.15) is 11.4 Å². The summed E-state index contributed by atoms with van der Waals surface area (Å²) in [6.07, 6.45) is 0. The highest BCUT2D eigenvalue weighted by atomic mass is 16.5. The summed E-state index contributed by atoms with van der Waals surface area (Å²) >= 11 is 0. The van der Waals surface area contributed by atoms with Crippen LogP contribution in [0.1, 0.15) is 44.6 Å². The van der Waals surface area contributed by atoms with Crippen molar-refractivity contribution >= 4 is 11.9 Å². The summed E-state index contributed by atoms with van der Waals surface area (Å²) in [6.45, 7) is 5.62. The average molecular weight is 331 g/mol. The maximum Gasteiger partial charge on any atom is 0.355 e. The van der Waals surface area contributed by atoms with E-state index in [0.717, 1.165) is 5.56 Å². The highest BCUT2D eigenvalue weighted by Crippen LogP contribution is 2.25. The SMILES string of the molecule is CCOC(=O)c1c(C)c(C(=O)O)c(C)n1Cc1cccc(OC)c1. The second-order valence-electron chi connectivity index (χ2n) is 5.40. The van der Waals surface area contributed by atoms with E-state index in [1.807, 2.05) is 24.3 Å². The number of benzene rings is 1. The Morgan fingerprint density at radius 2 is 1.96 bits per heavy atom. The molecule has 0 aliphatic heterocycles.